The molecule has 1 aromatic carbocycles. The first-order valence-corrected chi connectivity index (χ1v) is 11.1. The molecule has 2 rings (SSSR count). The summed E-state index contributed by atoms with van der Waals surface area (Å²) in [6.07, 6.45) is 7.23. The van der Waals surface area contributed by atoms with Gasteiger partial charge in [0.1, 0.15) is 0 Å². The molecule has 0 radical (unpaired) electrons. The molecule has 1 amide bonds. The van der Waals surface area contributed by atoms with Crippen LogP contribution in [0.25, 0.3) is 0 Å². The quantitative estimate of drug-likeness (QED) is 0.746. The Hall–Kier alpha value is -1.11. The summed E-state index contributed by atoms with van der Waals surface area (Å²) in [7, 11) is -3.29. The maximum atomic E-state index is 12.1. The molecule has 1 fully saturated rings. The van der Waals surface area contributed by atoms with Gasteiger partial charge in [-0.25, -0.2) is 8.42 Å². The van der Waals surface area contributed by atoms with Crippen LogP contribution in [0, 0.1) is 0 Å². The molecular weight excluding hydrogens is 360 g/mol. The smallest absolute Gasteiger partial charge is 0.221 e. The first kappa shape index (κ1) is 20.2. The van der Waals surface area contributed by atoms with Crippen LogP contribution in [0.1, 0.15) is 44.1 Å². The third kappa shape index (κ3) is 6.96. The van der Waals surface area contributed by atoms with Crippen LogP contribution < -0.4 is 5.32 Å². The van der Waals surface area contributed by atoms with E-state index < -0.39 is 10.0 Å². The van der Waals surface area contributed by atoms with Gasteiger partial charge in [-0.15, -0.1) is 0 Å². The highest BCUT2D eigenvalue weighted by Crippen LogP contribution is 2.24. The zero-order valence-electron chi connectivity index (χ0n) is 14.7. The number of carbonyl (C=O) groups excluding carboxylic acids is 1. The molecule has 0 bridgehead atoms. The Kier molecular flexibility index (Phi) is 7.72. The molecule has 1 N–H and O–H groups in total. The lowest BCUT2D eigenvalue weighted by molar-refractivity contribution is -0.121. The van der Waals surface area contributed by atoms with Crippen LogP contribution in [0.4, 0.5) is 0 Å². The van der Waals surface area contributed by atoms with Gasteiger partial charge in [-0.05, 0) is 37.0 Å². The molecule has 7 heteroatoms. The number of hydrogen-bond donors (Lipinski definition) is 1. The Morgan fingerprint density at radius 1 is 1.20 bits per heavy atom. The SMILES string of the molecule is CS(=O)(=O)N(CCC(=O)NCCc1ccc(Cl)cc1)C1CCCCC1. The van der Waals surface area contributed by atoms with Gasteiger partial charge >= 0.3 is 0 Å². The van der Waals surface area contributed by atoms with Crippen molar-refractivity contribution in [2.75, 3.05) is 19.3 Å². The molecule has 0 atom stereocenters. The number of halogens is 1. The Morgan fingerprint density at radius 2 is 1.84 bits per heavy atom. The second-order valence-corrected chi connectivity index (χ2v) is 9.01. The molecule has 0 aromatic heterocycles. The molecule has 1 saturated carbocycles. The average Bonchev–Trinajstić information content (AvgIpc) is 2.56. The van der Waals surface area contributed by atoms with Crippen molar-refractivity contribution in [1.82, 2.24) is 9.62 Å². The van der Waals surface area contributed by atoms with Crippen LogP contribution in [0.3, 0.4) is 0 Å². The largest absolute Gasteiger partial charge is 0.356 e. The maximum Gasteiger partial charge on any atom is 0.221 e. The number of nitrogens with zero attached hydrogens (tertiary/aromatic N) is 1. The van der Waals surface area contributed by atoms with Crippen molar-refractivity contribution in [3.8, 4) is 0 Å². The summed E-state index contributed by atoms with van der Waals surface area (Å²) in [5, 5.41) is 3.55. The molecule has 0 unspecified atom stereocenters. The summed E-state index contributed by atoms with van der Waals surface area (Å²) in [6, 6.07) is 7.57. The lowest BCUT2D eigenvalue weighted by Gasteiger charge is -2.32. The van der Waals surface area contributed by atoms with Crippen LogP contribution in [-0.4, -0.2) is 44.0 Å². The summed E-state index contributed by atoms with van der Waals surface area (Å²) in [4.78, 5) is 12.0. The first-order chi connectivity index (χ1) is 11.9. The summed E-state index contributed by atoms with van der Waals surface area (Å²) >= 11 is 5.84. The Bertz CT molecular complexity index is 655. The minimum atomic E-state index is -3.29. The molecule has 1 aliphatic rings. The molecule has 140 valence electrons. The van der Waals surface area contributed by atoms with Gasteiger partial charge in [-0.3, -0.25) is 4.79 Å². The average molecular weight is 387 g/mol. The van der Waals surface area contributed by atoms with Crippen molar-refractivity contribution < 1.29 is 13.2 Å². The fourth-order valence-electron chi connectivity index (χ4n) is 3.29. The minimum Gasteiger partial charge on any atom is -0.356 e. The van der Waals surface area contributed by atoms with E-state index in [2.05, 4.69) is 5.32 Å². The van der Waals surface area contributed by atoms with Gasteiger partial charge < -0.3 is 5.32 Å². The number of hydrogen-bond acceptors (Lipinski definition) is 3. The monoisotopic (exact) mass is 386 g/mol. The molecule has 0 heterocycles. The number of benzene rings is 1. The zero-order chi connectivity index (χ0) is 18.3. The van der Waals surface area contributed by atoms with E-state index >= 15 is 0 Å². The third-order valence-corrected chi connectivity index (χ3v) is 6.20. The topological polar surface area (TPSA) is 66.5 Å². The Morgan fingerprint density at radius 3 is 2.44 bits per heavy atom. The predicted octanol–water partition coefficient (Wildman–Crippen LogP) is 2.98. The predicted molar refractivity (Wildman–Crippen MR) is 101 cm³/mol. The highest BCUT2D eigenvalue weighted by atomic mass is 35.5. The van der Waals surface area contributed by atoms with Gasteiger partial charge in [0, 0.05) is 30.6 Å². The van der Waals surface area contributed by atoms with Crippen molar-refractivity contribution in [2.45, 2.75) is 51.0 Å². The van der Waals surface area contributed by atoms with Crippen molar-refractivity contribution in [3.63, 3.8) is 0 Å². The van der Waals surface area contributed by atoms with Crippen LogP contribution in [0.5, 0.6) is 0 Å². The van der Waals surface area contributed by atoms with E-state index in [1.54, 1.807) is 0 Å². The van der Waals surface area contributed by atoms with E-state index in [9.17, 15) is 13.2 Å². The summed E-state index contributed by atoms with van der Waals surface area (Å²) in [5.41, 5.74) is 1.10. The number of carbonyl (C=O) groups is 1. The molecule has 25 heavy (non-hydrogen) atoms. The van der Waals surface area contributed by atoms with Gasteiger partial charge in [-0.2, -0.15) is 4.31 Å². The van der Waals surface area contributed by atoms with Crippen LogP contribution in [-0.2, 0) is 21.2 Å². The van der Waals surface area contributed by atoms with Gasteiger partial charge in [0.05, 0.1) is 6.26 Å². The maximum absolute atomic E-state index is 12.1. The normalized spacial score (nSPS) is 16.1. The van der Waals surface area contributed by atoms with Crippen molar-refractivity contribution >= 4 is 27.5 Å². The fourth-order valence-corrected chi connectivity index (χ4v) is 4.59. The zero-order valence-corrected chi connectivity index (χ0v) is 16.3. The van der Waals surface area contributed by atoms with Crippen molar-refractivity contribution in [3.05, 3.63) is 34.9 Å². The first-order valence-electron chi connectivity index (χ1n) is 8.84. The summed E-state index contributed by atoms with van der Waals surface area (Å²) < 4.78 is 25.6. The molecule has 0 aliphatic heterocycles. The highest BCUT2D eigenvalue weighted by Gasteiger charge is 2.28. The lowest BCUT2D eigenvalue weighted by Crippen LogP contribution is -2.42. The van der Waals surface area contributed by atoms with Gasteiger partial charge in [0.25, 0.3) is 0 Å². The van der Waals surface area contributed by atoms with Crippen molar-refractivity contribution in [1.29, 1.82) is 0 Å². The van der Waals surface area contributed by atoms with E-state index in [1.165, 1.54) is 17.0 Å². The molecule has 0 saturated heterocycles. The lowest BCUT2D eigenvalue weighted by atomic mass is 9.95. The van der Waals surface area contributed by atoms with Crippen molar-refractivity contribution in [2.24, 2.45) is 0 Å². The number of sulfonamides is 1. The van der Waals surface area contributed by atoms with Gasteiger partial charge in [-0.1, -0.05) is 43.0 Å². The van der Waals surface area contributed by atoms with E-state index in [-0.39, 0.29) is 24.9 Å². The fraction of sp³-hybridized carbons (Fsp3) is 0.611. The number of amides is 1. The Labute approximate surface area is 155 Å². The summed E-state index contributed by atoms with van der Waals surface area (Å²) in [6.45, 7) is 0.791. The molecule has 1 aliphatic carbocycles. The van der Waals surface area contributed by atoms with Crippen LogP contribution >= 0.6 is 11.6 Å². The standard InChI is InChI=1S/C18H27ClN2O3S/c1-25(23,24)21(17-5-3-2-4-6-17)14-12-18(22)20-13-11-15-7-9-16(19)10-8-15/h7-10,17H,2-6,11-14H2,1H3,(H,20,22). The van der Waals surface area contributed by atoms with Crippen LogP contribution in [0.2, 0.25) is 5.02 Å². The van der Waals surface area contributed by atoms with Gasteiger partial charge in [0.2, 0.25) is 15.9 Å². The van der Waals surface area contributed by atoms with E-state index in [1.807, 2.05) is 24.3 Å². The molecule has 1 aromatic rings. The number of rotatable bonds is 8. The Balaban J connectivity index is 1.77. The second-order valence-electron chi connectivity index (χ2n) is 6.64. The molecule has 5 nitrogen and oxygen atoms in total. The van der Waals surface area contributed by atoms with E-state index in [4.69, 9.17) is 11.6 Å². The minimum absolute atomic E-state index is 0.0469. The number of nitrogens with one attached hydrogen (secondary N) is 1. The highest BCUT2D eigenvalue weighted by molar-refractivity contribution is 7.88. The van der Waals surface area contributed by atoms with E-state index in [0.717, 1.165) is 37.7 Å². The molecular formula is C18H27ClN2O3S. The second kappa shape index (κ2) is 9.55. The van der Waals surface area contributed by atoms with Crippen LogP contribution in [0.15, 0.2) is 24.3 Å². The van der Waals surface area contributed by atoms with E-state index in [0.29, 0.717) is 11.6 Å². The third-order valence-electron chi connectivity index (χ3n) is 4.62. The van der Waals surface area contributed by atoms with Gasteiger partial charge in [0.15, 0.2) is 0 Å². The summed E-state index contributed by atoms with van der Waals surface area (Å²) in [5.74, 6) is -0.113. The molecule has 0 spiro atoms.